The van der Waals surface area contributed by atoms with Crippen LogP contribution < -0.4 is 20.9 Å². The smallest absolute Gasteiger partial charge is 0.344 e. The Kier molecular flexibility index (Phi) is 6.73. The molecule has 0 amide bonds. The molecule has 5 aromatic rings. The van der Waals surface area contributed by atoms with E-state index in [0.29, 0.717) is 72.6 Å². The Morgan fingerprint density at radius 2 is 1.68 bits per heavy atom. The number of hydrogen-bond acceptors (Lipinski definition) is 8. The van der Waals surface area contributed by atoms with Crippen molar-refractivity contribution < 1.29 is 23.1 Å². The van der Waals surface area contributed by atoms with Gasteiger partial charge in [0, 0.05) is 60.8 Å². The standard InChI is InChI=1S/C31H27FN2O6/c1-2-38-27-5-3-4-19-16-24(31(37)40-29(19)27)23-17-28(36)39-30-22(23)10-11-26(35)25(30)18-33-12-14-34(15-13-33)21-8-6-20(32)7-9-21/h3-11,16-17,35H,2,12-15,18H2,1H3. The summed E-state index contributed by atoms with van der Waals surface area (Å²) in [6, 6.07) is 17.9. The molecule has 0 bridgehead atoms. The highest BCUT2D eigenvalue weighted by molar-refractivity contribution is 5.97. The van der Waals surface area contributed by atoms with Crippen LogP contribution in [0, 0.1) is 5.82 Å². The highest BCUT2D eigenvalue weighted by atomic mass is 19.1. The van der Waals surface area contributed by atoms with Crippen LogP contribution in [0.4, 0.5) is 10.1 Å². The highest BCUT2D eigenvalue weighted by Gasteiger charge is 2.23. The molecule has 0 saturated carbocycles. The van der Waals surface area contributed by atoms with Gasteiger partial charge in [0.15, 0.2) is 11.3 Å². The van der Waals surface area contributed by atoms with Gasteiger partial charge in [0.2, 0.25) is 0 Å². The highest BCUT2D eigenvalue weighted by Crippen LogP contribution is 2.35. The maximum absolute atomic E-state index is 13.3. The van der Waals surface area contributed by atoms with Crippen molar-refractivity contribution in [3.05, 3.63) is 99.0 Å². The summed E-state index contributed by atoms with van der Waals surface area (Å²) in [5.74, 6) is 0.194. The zero-order valence-corrected chi connectivity index (χ0v) is 21.9. The van der Waals surface area contributed by atoms with Crippen molar-refractivity contribution in [2.24, 2.45) is 0 Å². The quantitative estimate of drug-likeness (QED) is 0.295. The SMILES string of the molecule is CCOc1cccc2cc(-c3cc(=O)oc4c(CN5CCN(c6ccc(F)cc6)CC5)c(O)ccc34)c(=O)oc12. The summed E-state index contributed by atoms with van der Waals surface area (Å²) in [6.45, 7) is 5.42. The van der Waals surface area contributed by atoms with Gasteiger partial charge in [-0.15, -0.1) is 0 Å². The molecule has 0 atom stereocenters. The molecule has 3 aromatic carbocycles. The Balaban J connectivity index is 1.35. The summed E-state index contributed by atoms with van der Waals surface area (Å²) in [5.41, 5.74) is 1.31. The van der Waals surface area contributed by atoms with Crippen molar-refractivity contribution in [2.45, 2.75) is 13.5 Å². The molecule has 2 aromatic heterocycles. The fourth-order valence-corrected chi connectivity index (χ4v) is 5.26. The second-order valence-corrected chi connectivity index (χ2v) is 9.71. The van der Waals surface area contributed by atoms with Gasteiger partial charge in [-0.05, 0) is 55.5 Å². The average Bonchev–Trinajstić information content (AvgIpc) is 2.95. The number of fused-ring (bicyclic) bond motifs is 2. The third kappa shape index (κ3) is 4.80. The minimum atomic E-state index is -0.641. The molecule has 1 saturated heterocycles. The van der Waals surface area contributed by atoms with E-state index in [4.69, 9.17) is 13.6 Å². The largest absolute Gasteiger partial charge is 0.507 e. The molecular weight excluding hydrogens is 515 g/mol. The van der Waals surface area contributed by atoms with Crippen molar-refractivity contribution in [3.63, 3.8) is 0 Å². The van der Waals surface area contributed by atoms with Gasteiger partial charge in [-0.2, -0.15) is 0 Å². The van der Waals surface area contributed by atoms with Crippen LogP contribution in [-0.4, -0.2) is 42.8 Å². The molecule has 8 nitrogen and oxygen atoms in total. The zero-order chi connectivity index (χ0) is 27.8. The molecule has 1 aliphatic rings. The maximum Gasteiger partial charge on any atom is 0.344 e. The first kappa shape index (κ1) is 25.6. The number of rotatable bonds is 6. The molecule has 0 radical (unpaired) electrons. The Labute approximate surface area is 228 Å². The van der Waals surface area contributed by atoms with Gasteiger partial charge in [0.1, 0.15) is 17.1 Å². The molecule has 6 rings (SSSR count). The monoisotopic (exact) mass is 542 g/mol. The summed E-state index contributed by atoms with van der Waals surface area (Å²) in [5, 5.41) is 12.0. The fourth-order valence-electron chi connectivity index (χ4n) is 5.26. The van der Waals surface area contributed by atoms with E-state index in [9.17, 15) is 19.1 Å². The average molecular weight is 543 g/mol. The number of halogens is 1. The minimum absolute atomic E-state index is 0.000617. The predicted octanol–water partition coefficient (Wildman–Crippen LogP) is 5.13. The summed E-state index contributed by atoms with van der Waals surface area (Å²) < 4.78 is 30.2. The van der Waals surface area contributed by atoms with Gasteiger partial charge in [-0.1, -0.05) is 12.1 Å². The van der Waals surface area contributed by atoms with Crippen molar-refractivity contribution in [1.29, 1.82) is 0 Å². The molecule has 1 aliphatic heterocycles. The molecule has 9 heteroatoms. The van der Waals surface area contributed by atoms with E-state index in [2.05, 4.69) is 9.80 Å². The van der Waals surface area contributed by atoms with Crippen LogP contribution in [0.1, 0.15) is 12.5 Å². The first-order chi connectivity index (χ1) is 19.4. The van der Waals surface area contributed by atoms with E-state index in [1.165, 1.54) is 18.2 Å². The number of phenolic OH excluding ortho intramolecular Hbond substituents is 1. The lowest BCUT2D eigenvalue weighted by Gasteiger charge is -2.36. The van der Waals surface area contributed by atoms with Crippen molar-refractivity contribution in [2.75, 3.05) is 37.7 Å². The zero-order valence-electron chi connectivity index (χ0n) is 21.9. The number of aromatic hydroxyl groups is 1. The Morgan fingerprint density at radius 1 is 0.900 bits per heavy atom. The minimum Gasteiger partial charge on any atom is -0.507 e. The van der Waals surface area contributed by atoms with Gasteiger partial charge in [-0.3, -0.25) is 4.90 Å². The van der Waals surface area contributed by atoms with Crippen LogP contribution in [0.25, 0.3) is 33.1 Å². The fraction of sp³-hybridized carbons (Fsp3) is 0.226. The number of anilines is 1. The number of hydrogen-bond donors (Lipinski definition) is 1. The lowest BCUT2D eigenvalue weighted by atomic mass is 9.99. The van der Waals surface area contributed by atoms with E-state index in [1.807, 2.05) is 6.92 Å². The summed E-state index contributed by atoms with van der Waals surface area (Å²) in [7, 11) is 0. The van der Waals surface area contributed by atoms with E-state index >= 15 is 0 Å². The first-order valence-electron chi connectivity index (χ1n) is 13.1. The van der Waals surface area contributed by atoms with E-state index in [1.54, 1.807) is 48.5 Å². The number of piperazine rings is 1. The van der Waals surface area contributed by atoms with Crippen LogP contribution in [0.5, 0.6) is 11.5 Å². The third-order valence-corrected chi connectivity index (χ3v) is 7.25. The second-order valence-electron chi connectivity index (χ2n) is 9.71. The van der Waals surface area contributed by atoms with Crippen LogP contribution in [0.3, 0.4) is 0 Å². The lowest BCUT2D eigenvalue weighted by Crippen LogP contribution is -2.46. The predicted molar refractivity (Wildman–Crippen MR) is 151 cm³/mol. The maximum atomic E-state index is 13.3. The number of phenols is 1. The molecule has 3 heterocycles. The molecule has 204 valence electrons. The normalized spacial score (nSPS) is 14.2. The Morgan fingerprint density at radius 3 is 2.42 bits per heavy atom. The molecule has 1 N–H and O–H groups in total. The lowest BCUT2D eigenvalue weighted by molar-refractivity contribution is 0.246. The van der Waals surface area contributed by atoms with Crippen molar-refractivity contribution in [3.8, 4) is 22.6 Å². The number of para-hydroxylation sites is 1. The van der Waals surface area contributed by atoms with Crippen LogP contribution in [0.15, 0.2) is 85.2 Å². The topological polar surface area (TPSA) is 96.4 Å². The Bertz CT molecular complexity index is 1820. The van der Waals surface area contributed by atoms with Gasteiger partial charge >= 0.3 is 11.3 Å². The molecule has 1 fully saturated rings. The van der Waals surface area contributed by atoms with Gasteiger partial charge in [0.05, 0.1) is 17.7 Å². The van der Waals surface area contributed by atoms with Gasteiger partial charge in [0.25, 0.3) is 0 Å². The van der Waals surface area contributed by atoms with Crippen LogP contribution in [0.2, 0.25) is 0 Å². The molecular formula is C31H27FN2O6. The first-order valence-corrected chi connectivity index (χ1v) is 13.1. The number of nitrogens with zero attached hydrogens (tertiary/aromatic N) is 2. The molecule has 40 heavy (non-hydrogen) atoms. The summed E-state index contributed by atoms with van der Waals surface area (Å²) in [6.07, 6.45) is 0. The van der Waals surface area contributed by atoms with Crippen molar-refractivity contribution in [1.82, 2.24) is 4.90 Å². The van der Waals surface area contributed by atoms with Crippen molar-refractivity contribution >= 4 is 27.6 Å². The molecule has 0 aliphatic carbocycles. The number of benzene rings is 3. The summed E-state index contributed by atoms with van der Waals surface area (Å²) in [4.78, 5) is 30.2. The summed E-state index contributed by atoms with van der Waals surface area (Å²) >= 11 is 0. The van der Waals surface area contributed by atoms with E-state index in [0.717, 1.165) is 5.69 Å². The van der Waals surface area contributed by atoms with Gasteiger partial charge in [-0.25, -0.2) is 14.0 Å². The van der Waals surface area contributed by atoms with E-state index in [-0.39, 0.29) is 22.7 Å². The Hall–Kier alpha value is -4.63. The van der Waals surface area contributed by atoms with Crippen LogP contribution in [-0.2, 0) is 6.54 Å². The number of ether oxygens (including phenoxy) is 1. The van der Waals surface area contributed by atoms with Crippen LogP contribution >= 0.6 is 0 Å². The molecule has 0 spiro atoms. The molecule has 0 unspecified atom stereocenters. The second kappa shape index (κ2) is 10.5. The third-order valence-electron chi connectivity index (χ3n) is 7.25. The van der Waals surface area contributed by atoms with Gasteiger partial charge < -0.3 is 23.6 Å². The van der Waals surface area contributed by atoms with E-state index < -0.39 is 11.3 Å².